The molecule has 14 heavy (non-hydrogen) atoms. The molecule has 0 radical (unpaired) electrons. The van der Waals surface area contributed by atoms with E-state index in [1.807, 2.05) is 12.1 Å². The molecule has 76 valence electrons. The molecule has 0 aliphatic carbocycles. The van der Waals surface area contributed by atoms with Crippen LogP contribution in [0.4, 0.5) is 0 Å². The van der Waals surface area contributed by atoms with E-state index in [9.17, 15) is 0 Å². The van der Waals surface area contributed by atoms with Crippen LogP contribution in [0.1, 0.15) is 12.8 Å². The number of ether oxygens (including phenoxy) is 1. The third-order valence-corrected chi connectivity index (χ3v) is 3.40. The zero-order chi connectivity index (χ0) is 9.80. The van der Waals surface area contributed by atoms with Gasteiger partial charge in [-0.2, -0.15) is 0 Å². The standard InChI is InChI=1S/C10H12ClNOS/c11-9-4-1-5-10(12-9)14-7-8-3-2-6-13-8/h1,4-5,8H,2-3,6-7H2. The van der Waals surface area contributed by atoms with E-state index >= 15 is 0 Å². The molecular weight excluding hydrogens is 218 g/mol. The molecule has 2 heterocycles. The molecular formula is C10H12ClNOS. The zero-order valence-electron chi connectivity index (χ0n) is 7.78. The Morgan fingerprint density at radius 1 is 1.57 bits per heavy atom. The molecule has 2 rings (SSSR count). The third-order valence-electron chi connectivity index (χ3n) is 2.13. The molecule has 0 amide bonds. The summed E-state index contributed by atoms with van der Waals surface area (Å²) in [7, 11) is 0. The van der Waals surface area contributed by atoms with Gasteiger partial charge in [0.25, 0.3) is 0 Å². The molecule has 0 spiro atoms. The Kier molecular flexibility index (Phi) is 3.67. The minimum Gasteiger partial charge on any atom is -0.377 e. The second kappa shape index (κ2) is 5.01. The number of hydrogen-bond acceptors (Lipinski definition) is 3. The first-order chi connectivity index (χ1) is 6.84. The van der Waals surface area contributed by atoms with Crippen molar-refractivity contribution in [2.45, 2.75) is 24.0 Å². The number of pyridine rings is 1. The van der Waals surface area contributed by atoms with Crippen molar-refractivity contribution < 1.29 is 4.74 Å². The Balaban J connectivity index is 1.85. The highest BCUT2D eigenvalue weighted by molar-refractivity contribution is 7.99. The Morgan fingerprint density at radius 2 is 2.50 bits per heavy atom. The summed E-state index contributed by atoms with van der Waals surface area (Å²) in [5, 5.41) is 1.54. The highest BCUT2D eigenvalue weighted by atomic mass is 35.5. The summed E-state index contributed by atoms with van der Waals surface area (Å²) in [4.78, 5) is 4.21. The summed E-state index contributed by atoms with van der Waals surface area (Å²) in [6.07, 6.45) is 2.77. The first-order valence-corrected chi connectivity index (χ1v) is 6.08. The summed E-state index contributed by atoms with van der Waals surface area (Å²) >= 11 is 7.50. The summed E-state index contributed by atoms with van der Waals surface area (Å²) < 4.78 is 5.52. The van der Waals surface area contributed by atoms with E-state index in [2.05, 4.69) is 4.98 Å². The van der Waals surface area contributed by atoms with Gasteiger partial charge in [0, 0.05) is 12.4 Å². The van der Waals surface area contributed by atoms with Gasteiger partial charge >= 0.3 is 0 Å². The van der Waals surface area contributed by atoms with Crippen molar-refractivity contribution in [3.63, 3.8) is 0 Å². The second-order valence-electron chi connectivity index (χ2n) is 3.24. The molecule has 4 heteroatoms. The molecule has 1 atom stereocenters. The normalized spacial score (nSPS) is 21.4. The van der Waals surface area contributed by atoms with Crippen molar-refractivity contribution in [2.24, 2.45) is 0 Å². The molecule has 1 aromatic heterocycles. The Labute approximate surface area is 93.0 Å². The molecule has 2 nitrogen and oxygen atoms in total. The lowest BCUT2D eigenvalue weighted by Gasteiger charge is -2.07. The van der Waals surface area contributed by atoms with Gasteiger partial charge in [-0.25, -0.2) is 4.98 Å². The lowest BCUT2D eigenvalue weighted by Crippen LogP contribution is -2.07. The molecule has 0 N–H and O–H groups in total. The lowest BCUT2D eigenvalue weighted by molar-refractivity contribution is 0.129. The van der Waals surface area contributed by atoms with E-state index in [0.29, 0.717) is 11.3 Å². The molecule has 1 aromatic rings. The number of halogens is 1. The van der Waals surface area contributed by atoms with Gasteiger partial charge < -0.3 is 4.74 Å². The van der Waals surface area contributed by atoms with E-state index in [0.717, 1.165) is 17.4 Å². The van der Waals surface area contributed by atoms with Crippen LogP contribution in [-0.4, -0.2) is 23.4 Å². The number of hydrogen-bond donors (Lipinski definition) is 0. The van der Waals surface area contributed by atoms with Gasteiger partial charge in [0.1, 0.15) is 5.15 Å². The van der Waals surface area contributed by atoms with Crippen molar-refractivity contribution in [3.05, 3.63) is 23.4 Å². The average Bonchev–Trinajstić information content (AvgIpc) is 2.67. The molecule has 0 bridgehead atoms. The van der Waals surface area contributed by atoms with Crippen LogP contribution < -0.4 is 0 Å². The van der Waals surface area contributed by atoms with Crippen LogP contribution in [0.3, 0.4) is 0 Å². The maximum Gasteiger partial charge on any atom is 0.130 e. The minimum absolute atomic E-state index is 0.404. The van der Waals surface area contributed by atoms with E-state index in [-0.39, 0.29) is 0 Å². The van der Waals surface area contributed by atoms with Gasteiger partial charge in [0.05, 0.1) is 11.1 Å². The Hall–Kier alpha value is -0.250. The molecule has 1 saturated heterocycles. The summed E-state index contributed by atoms with van der Waals surface area (Å²) in [5.74, 6) is 0.980. The van der Waals surface area contributed by atoms with Crippen LogP contribution in [0.5, 0.6) is 0 Å². The highest BCUT2D eigenvalue weighted by Gasteiger charge is 2.15. The van der Waals surface area contributed by atoms with Crippen LogP contribution in [-0.2, 0) is 4.74 Å². The smallest absolute Gasteiger partial charge is 0.130 e. The highest BCUT2D eigenvalue weighted by Crippen LogP contribution is 2.23. The van der Waals surface area contributed by atoms with Gasteiger partial charge in [-0.1, -0.05) is 17.7 Å². The summed E-state index contributed by atoms with van der Waals surface area (Å²) in [5.41, 5.74) is 0. The number of thioether (sulfide) groups is 1. The fourth-order valence-corrected chi connectivity index (χ4v) is 2.60. The van der Waals surface area contributed by atoms with Crippen LogP contribution in [0, 0.1) is 0 Å². The van der Waals surface area contributed by atoms with E-state index < -0.39 is 0 Å². The van der Waals surface area contributed by atoms with Crippen LogP contribution in [0.25, 0.3) is 0 Å². The second-order valence-corrected chi connectivity index (χ2v) is 4.67. The van der Waals surface area contributed by atoms with Crippen molar-refractivity contribution >= 4 is 23.4 Å². The zero-order valence-corrected chi connectivity index (χ0v) is 9.35. The molecule has 0 saturated carbocycles. The van der Waals surface area contributed by atoms with E-state index in [1.165, 1.54) is 12.8 Å². The SMILES string of the molecule is Clc1cccc(SCC2CCCO2)n1. The van der Waals surface area contributed by atoms with Gasteiger partial charge in [0.2, 0.25) is 0 Å². The number of nitrogens with zero attached hydrogens (tertiary/aromatic N) is 1. The van der Waals surface area contributed by atoms with Crippen LogP contribution >= 0.6 is 23.4 Å². The van der Waals surface area contributed by atoms with Crippen molar-refractivity contribution in [1.82, 2.24) is 4.98 Å². The fraction of sp³-hybridized carbons (Fsp3) is 0.500. The largest absolute Gasteiger partial charge is 0.377 e. The molecule has 0 aromatic carbocycles. The summed E-state index contributed by atoms with van der Waals surface area (Å²) in [6.45, 7) is 0.911. The van der Waals surface area contributed by atoms with E-state index in [4.69, 9.17) is 16.3 Å². The van der Waals surface area contributed by atoms with Gasteiger partial charge in [-0.05, 0) is 25.0 Å². The lowest BCUT2D eigenvalue weighted by atomic mass is 10.3. The van der Waals surface area contributed by atoms with Gasteiger partial charge in [-0.3, -0.25) is 0 Å². The summed E-state index contributed by atoms with van der Waals surface area (Å²) in [6, 6.07) is 5.69. The quantitative estimate of drug-likeness (QED) is 0.588. The molecule has 1 aliphatic rings. The molecule has 1 fully saturated rings. The third kappa shape index (κ3) is 2.87. The predicted octanol–water partition coefficient (Wildman–Crippen LogP) is 3.01. The average molecular weight is 230 g/mol. The Morgan fingerprint density at radius 3 is 3.21 bits per heavy atom. The fourth-order valence-electron chi connectivity index (χ4n) is 1.42. The van der Waals surface area contributed by atoms with E-state index in [1.54, 1.807) is 17.8 Å². The first kappa shape index (κ1) is 10.3. The first-order valence-electron chi connectivity index (χ1n) is 4.71. The van der Waals surface area contributed by atoms with Gasteiger partial charge in [0.15, 0.2) is 0 Å². The Bertz CT molecular complexity index is 302. The molecule has 1 aliphatic heterocycles. The minimum atomic E-state index is 0.404. The van der Waals surface area contributed by atoms with Crippen molar-refractivity contribution in [2.75, 3.05) is 12.4 Å². The number of aromatic nitrogens is 1. The monoisotopic (exact) mass is 229 g/mol. The maximum absolute atomic E-state index is 5.78. The van der Waals surface area contributed by atoms with Crippen molar-refractivity contribution in [3.8, 4) is 0 Å². The maximum atomic E-state index is 5.78. The van der Waals surface area contributed by atoms with Gasteiger partial charge in [-0.15, -0.1) is 11.8 Å². The molecule has 1 unspecified atom stereocenters. The topological polar surface area (TPSA) is 22.1 Å². The predicted molar refractivity (Wildman–Crippen MR) is 58.9 cm³/mol. The van der Waals surface area contributed by atoms with Crippen molar-refractivity contribution in [1.29, 1.82) is 0 Å². The van der Waals surface area contributed by atoms with Crippen LogP contribution in [0.15, 0.2) is 23.2 Å². The van der Waals surface area contributed by atoms with Crippen LogP contribution in [0.2, 0.25) is 5.15 Å². The number of rotatable bonds is 3.